The van der Waals surface area contributed by atoms with Gasteiger partial charge in [0.2, 0.25) is 17.7 Å². The van der Waals surface area contributed by atoms with E-state index in [0.29, 0.717) is 30.9 Å². The van der Waals surface area contributed by atoms with Crippen molar-refractivity contribution in [1.29, 1.82) is 0 Å². The second-order valence-electron chi connectivity index (χ2n) is 11.6. The van der Waals surface area contributed by atoms with Crippen LogP contribution in [0.2, 0.25) is 0 Å². The number of carbonyl (C=O) groups excluding carboxylic acids is 3. The van der Waals surface area contributed by atoms with Crippen LogP contribution in [-0.4, -0.2) is 75.6 Å². The number of likely N-dealkylation sites (tertiary alicyclic amines) is 1. The van der Waals surface area contributed by atoms with Gasteiger partial charge in [-0.05, 0) is 62.9 Å². The molecule has 8 atom stereocenters. The average Bonchev–Trinajstić information content (AvgIpc) is 3.57. The third kappa shape index (κ3) is 5.56. The molecule has 3 amide bonds. The van der Waals surface area contributed by atoms with Gasteiger partial charge < -0.3 is 30.1 Å². The number of nitrogens with one attached hydrogen (secondary N) is 2. The van der Waals surface area contributed by atoms with Crippen molar-refractivity contribution >= 4 is 39.3 Å². The van der Waals surface area contributed by atoms with Crippen LogP contribution in [0.15, 0.2) is 54.6 Å². The number of ether oxygens (including phenoxy) is 2. The molecule has 3 fully saturated rings. The Hall–Kier alpha value is -2.95. The number of anilines is 1. The van der Waals surface area contributed by atoms with Crippen LogP contribution in [0.5, 0.6) is 5.75 Å². The van der Waals surface area contributed by atoms with E-state index < -0.39 is 35.6 Å². The van der Waals surface area contributed by atoms with Crippen molar-refractivity contribution in [3.05, 3.63) is 60.2 Å². The van der Waals surface area contributed by atoms with Crippen molar-refractivity contribution in [2.75, 3.05) is 18.5 Å². The molecule has 0 saturated carbocycles. The van der Waals surface area contributed by atoms with Gasteiger partial charge in [-0.25, -0.2) is 0 Å². The van der Waals surface area contributed by atoms with E-state index in [-0.39, 0.29) is 35.2 Å². The lowest BCUT2D eigenvalue weighted by Gasteiger charge is -2.37. The van der Waals surface area contributed by atoms with Gasteiger partial charge in [0, 0.05) is 16.6 Å². The Balaban J connectivity index is 1.49. The predicted octanol–water partition coefficient (Wildman–Crippen LogP) is 3.68. The molecule has 9 nitrogen and oxygen atoms in total. The van der Waals surface area contributed by atoms with Crippen LogP contribution in [0.4, 0.5) is 5.69 Å². The zero-order chi connectivity index (χ0) is 30.0. The van der Waals surface area contributed by atoms with E-state index in [2.05, 4.69) is 33.5 Å². The maximum absolute atomic E-state index is 14.4. The lowest BCUT2D eigenvalue weighted by Crippen LogP contribution is -2.59. The number of hydrogen-bond acceptors (Lipinski definition) is 6. The quantitative estimate of drug-likeness (QED) is 0.305. The second kappa shape index (κ2) is 12.7. The first-order valence-electron chi connectivity index (χ1n) is 14.9. The van der Waals surface area contributed by atoms with Gasteiger partial charge in [0.25, 0.3) is 0 Å². The topological polar surface area (TPSA) is 117 Å². The third-order valence-corrected chi connectivity index (χ3v) is 9.58. The Morgan fingerprint density at radius 1 is 1.14 bits per heavy atom. The molecule has 10 heteroatoms. The first kappa shape index (κ1) is 30.5. The molecule has 0 aromatic heterocycles. The molecule has 5 rings (SSSR count). The van der Waals surface area contributed by atoms with Crippen LogP contribution in [0, 0.1) is 11.8 Å². The number of alkyl halides is 1. The summed E-state index contributed by atoms with van der Waals surface area (Å²) in [5.74, 6) is -1.96. The molecule has 4 unspecified atom stereocenters. The number of rotatable bonds is 12. The van der Waals surface area contributed by atoms with Crippen molar-refractivity contribution < 1.29 is 29.0 Å². The summed E-state index contributed by atoms with van der Waals surface area (Å²) in [5, 5.41) is 16.6. The van der Waals surface area contributed by atoms with Crippen molar-refractivity contribution in [2.24, 2.45) is 11.8 Å². The summed E-state index contributed by atoms with van der Waals surface area (Å²) in [7, 11) is 0. The molecule has 0 aliphatic carbocycles. The van der Waals surface area contributed by atoms with Crippen molar-refractivity contribution in [3.8, 4) is 5.75 Å². The zero-order valence-electron chi connectivity index (χ0n) is 24.3. The highest BCUT2D eigenvalue weighted by Crippen LogP contribution is 2.60. The first-order chi connectivity index (χ1) is 20.2. The van der Waals surface area contributed by atoms with Crippen LogP contribution < -0.4 is 15.4 Å². The number of carbonyl (C=O) groups is 3. The fourth-order valence-electron chi connectivity index (χ4n) is 7.05. The Morgan fingerprint density at radius 2 is 1.86 bits per heavy atom. The molecule has 2 aromatic carbocycles. The number of halogens is 1. The van der Waals surface area contributed by atoms with Gasteiger partial charge in [-0.15, -0.1) is 0 Å². The summed E-state index contributed by atoms with van der Waals surface area (Å²) in [6.07, 6.45) is 1.87. The Kier molecular flexibility index (Phi) is 9.25. The second-order valence-corrected chi connectivity index (χ2v) is 12.8. The molecule has 2 bridgehead atoms. The Labute approximate surface area is 255 Å². The van der Waals surface area contributed by atoms with E-state index in [1.807, 2.05) is 44.2 Å². The number of aliphatic hydroxyl groups excluding tert-OH is 1. The van der Waals surface area contributed by atoms with Gasteiger partial charge >= 0.3 is 0 Å². The van der Waals surface area contributed by atoms with E-state index in [1.165, 1.54) is 4.90 Å². The lowest BCUT2D eigenvalue weighted by molar-refractivity contribution is -0.145. The number of amides is 3. The molecule has 3 aliphatic heterocycles. The fourth-order valence-corrected chi connectivity index (χ4v) is 7.99. The lowest BCUT2D eigenvalue weighted by atomic mass is 9.70. The average molecular weight is 643 g/mol. The molecule has 42 heavy (non-hydrogen) atoms. The molecule has 3 saturated heterocycles. The van der Waals surface area contributed by atoms with E-state index in [4.69, 9.17) is 9.47 Å². The highest BCUT2D eigenvalue weighted by Gasteiger charge is 2.77. The third-order valence-electron chi connectivity index (χ3n) is 8.74. The molecule has 2 aromatic rings. The summed E-state index contributed by atoms with van der Waals surface area (Å²) in [6.45, 7) is 6.10. The molecule has 3 N–H and O–H groups in total. The summed E-state index contributed by atoms with van der Waals surface area (Å²) in [5.41, 5.74) is 0.316. The maximum Gasteiger partial charge on any atom is 0.246 e. The summed E-state index contributed by atoms with van der Waals surface area (Å²) in [4.78, 5) is 43.6. The van der Waals surface area contributed by atoms with Crippen LogP contribution in [0.1, 0.15) is 45.6 Å². The van der Waals surface area contributed by atoms with Crippen molar-refractivity contribution in [3.63, 3.8) is 0 Å². The van der Waals surface area contributed by atoms with Crippen molar-refractivity contribution in [1.82, 2.24) is 10.2 Å². The zero-order valence-corrected chi connectivity index (χ0v) is 25.9. The molecule has 1 spiro atoms. The van der Waals surface area contributed by atoms with Gasteiger partial charge in [0.05, 0.1) is 37.2 Å². The molecular formula is C32H40BrN3O6. The van der Waals surface area contributed by atoms with E-state index in [0.717, 1.165) is 18.4 Å². The van der Waals surface area contributed by atoms with Gasteiger partial charge in [0.15, 0.2) is 0 Å². The highest BCUT2D eigenvalue weighted by molar-refractivity contribution is 9.09. The highest BCUT2D eigenvalue weighted by atomic mass is 79.9. The minimum Gasteiger partial charge on any atom is -0.494 e. The minimum atomic E-state index is -1.20. The maximum atomic E-state index is 14.4. The number of hydrogen-bond donors (Lipinski definition) is 3. The SMILES string of the molecule is CCCC(C)NC(=O)C1N([C@@H](CO)Cc2ccccc2)C(=O)[C@@H]2[C@@H](C(=O)Nc3ccc(OCC)cc3)[C@@H]3OC12CC3Br. The van der Waals surface area contributed by atoms with Gasteiger partial charge in [-0.1, -0.05) is 59.6 Å². The molecule has 0 radical (unpaired) electrons. The van der Waals surface area contributed by atoms with Crippen LogP contribution in [0.3, 0.4) is 0 Å². The minimum absolute atomic E-state index is 0.103. The smallest absolute Gasteiger partial charge is 0.246 e. The Morgan fingerprint density at radius 3 is 2.50 bits per heavy atom. The first-order valence-corrected chi connectivity index (χ1v) is 15.8. The van der Waals surface area contributed by atoms with E-state index in [9.17, 15) is 19.5 Å². The molecule has 226 valence electrons. The summed E-state index contributed by atoms with van der Waals surface area (Å²) >= 11 is 3.72. The van der Waals surface area contributed by atoms with Gasteiger partial charge in [0.1, 0.15) is 17.4 Å². The summed E-state index contributed by atoms with van der Waals surface area (Å²) < 4.78 is 12.1. The molecule has 3 heterocycles. The standard InChI is InChI=1S/C32H40BrN3O6/c1-4-9-19(3)34-30(39)28-32-17-24(33)27(42-32)25(29(38)35-21-12-14-23(15-13-21)41-5-2)26(32)31(40)36(28)22(18-37)16-20-10-7-6-8-11-20/h6-8,10-15,19,22,24-28,37H,4-5,9,16-18H2,1-3H3,(H,34,39)(H,35,38)/t19?,22-,24?,25-,26+,27-,28?,32?/m1/s1. The molecular weight excluding hydrogens is 602 g/mol. The largest absolute Gasteiger partial charge is 0.494 e. The number of nitrogens with zero attached hydrogens (tertiary/aromatic N) is 1. The molecule has 3 aliphatic rings. The predicted molar refractivity (Wildman–Crippen MR) is 162 cm³/mol. The fraction of sp³-hybridized carbons (Fsp3) is 0.531. The van der Waals surface area contributed by atoms with Crippen LogP contribution in [-0.2, 0) is 25.5 Å². The van der Waals surface area contributed by atoms with E-state index >= 15 is 0 Å². The normalized spacial score (nSPS) is 29.2. The number of aliphatic hydroxyl groups is 1. The van der Waals surface area contributed by atoms with Crippen molar-refractivity contribution in [2.45, 2.75) is 81.1 Å². The number of benzene rings is 2. The Bertz CT molecular complexity index is 1280. The van der Waals surface area contributed by atoms with Crippen LogP contribution >= 0.6 is 15.9 Å². The van der Waals surface area contributed by atoms with E-state index in [1.54, 1.807) is 24.3 Å². The van der Waals surface area contributed by atoms with Crippen LogP contribution in [0.25, 0.3) is 0 Å². The summed E-state index contributed by atoms with van der Waals surface area (Å²) in [6, 6.07) is 14.9. The monoisotopic (exact) mass is 641 g/mol. The number of fused-ring (bicyclic) bond motifs is 1. The van der Waals surface area contributed by atoms with Gasteiger partial charge in [-0.3, -0.25) is 14.4 Å². The van der Waals surface area contributed by atoms with Gasteiger partial charge in [-0.2, -0.15) is 0 Å².